The molecule has 112 valence electrons. The number of hydrogen-bond donors (Lipinski definition) is 0. The van der Waals surface area contributed by atoms with Crippen molar-refractivity contribution in [2.45, 2.75) is 39.9 Å². The molecule has 0 saturated heterocycles. The van der Waals surface area contributed by atoms with E-state index in [-0.39, 0.29) is 12.2 Å². The Hall–Kier alpha value is -1.53. The Labute approximate surface area is 129 Å². The standard InChI is InChI=1S/C18H23O2P/c1-13(2)19-15-5-9-17(10-6-15)21-18-11-7-16(8-12-18)20-14(3)4/h5-14,21H,1-4H3. The van der Waals surface area contributed by atoms with E-state index in [4.69, 9.17) is 9.47 Å². The zero-order chi connectivity index (χ0) is 15.2. The first-order chi connectivity index (χ1) is 10.0. The first-order valence-corrected chi connectivity index (χ1v) is 8.33. The third kappa shape index (κ3) is 5.40. The first-order valence-electron chi connectivity index (χ1n) is 7.33. The maximum Gasteiger partial charge on any atom is 0.119 e. The molecule has 0 heterocycles. The SMILES string of the molecule is CC(C)Oc1ccc(Pc2ccc(OC(C)C)cc2)cc1. The lowest BCUT2D eigenvalue weighted by Gasteiger charge is -2.11. The van der Waals surface area contributed by atoms with Gasteiger partial charge in [0.1, 0.15) is 11.5 Å². The van der Waals surface area contributed by atoms with Gasteiger partial charge in [-0.05, 0) is 62.6 Å². The largest absolute Gasteiger partial charge is 0.491 e. The van der Waals surface area contributed by atoms with Crippen LogP contribution in [0.5, 0.6) is 11.5 Å². The van der Waals surface area contributed by atoms with Gasteiger partial charge in [0.05, 0.1) is 12.2 Å². The van der Waals surface area contributed by atoms with Crippen LogP contribution in [-0.4, -0.2) is 12.2 Å². The lowest BCUT2D eigenvalue weighted by atomic mass is 10.3. The lowest BCUT2D eigenvalue weighted by molar-refractivity contribution is 0.242. The highest BCUT2D eigenvalue weighted by Crippen LogP contribution is 2.18. The normalized spacial score (nSPS) is 11.0. The number of ether oxygens (including phenoxy) is 2. The molecule has 2 rings (SSSR count). The monoisotopic (exact) mass is 302 g/mol. The summed E-state index contributed by atoms with van der Waals surface area (Å²) in [5.41, 5.74) is 0. The highest BCUT2D eigenvalue weighted by Gasteiger charge is 2.01. The average molecular weight is 302 g/mol. The van der Waals surface area contributed by atoms with Crippen LogP contribution in [0.1, 0.15) is 27.7 Å². The summed E-state index contributed by atoms with van der Waals surface area (Å²) in [7, 11) is 0.650. The summed E-state index contributed by atoms with van der Waals surface area (Å²) < 4.78 is 11.3. The molecule has 2 nitrogen and oxygen atoms in total. The molecule has 2 aromatic carbocycles. The van der Waals surface area contributed by atoms with Crippen LogP contribution >= 0.6 is 8.58 Å². The van der Waals surface area contributed by atoms with Crippen LogP contribution in [0.3, 0.4) is 0 Å². The van der Waals surface area contributed by atoms with Crippen molar-refractivity contribution >= 4 is 19.2 Å². The highest BCUT2D eigenvalue weighted by atomic mass is 31.1. The summed E-state index contributed by atoms with van der Waals surface area (Å²) >= 11 is 0. The Morgan fingerprint density at radius 3 is 1.24 bits per heavy atom. The van der Waals surface area contributed by atoms with Gasteiger partial charge in [0.25, 0.3) is 0 Å². The molecule has 0 N–H and O–H groups in total. The summed E-state index contributed by atoms with van der Waals surface area (Å²) in [6.07, 6.45) is 0.429. The molecular weight excluding hydrogens is 279 g/mol. The molecule has 3 heteroatoms. The molecule has 0 radical (unpaired) electrons. The van der Waals surface area contributed by atoms with E-state index in [1.165, 1.54) is 10.6 Å². The second-order valence-electron chi connectivity index (χ2n) is 5.51. The molecule has 0 aliphatic rings. The minimum Gasteiger partial charge on any atom is -0.491 e. The molecule has 0 aliphatic carbocycles. The van der Waals surface area contributed by atoms with Crippen LogP contribution in [0.2, 0.25) is 0 Å². The van der Waals surface area contributed by atoms with Crippen LogP contribution in [-0.2, 0) is 0 Å². The molecule has 0 atom stereocenters. The van der Waals surface area contributed by atoms with Crippen molar-refractivity contribution in [2.24, 2.45) is 0 Å². The van der Waals surface area contributed by atoms with Crippen molar-refractivity contribution in [1.82, 2.24) is 0 Å². The van der Waals surface area contributed by atoms with E-state index in [0.717, 1.165) is 11.5 Å². The molecule has 0 saturated carbocycles. The fraction of sp³-hybridized carbons (Fsp3) is 0.333. The predicted octanol–water partition coefficient (Wildman–Crippen LogP) is 3.89. The van der Waals surface area contributed by atoms with Crippen molar-refractivity contribution < 1.29 is 9.47 Å². The lowest BCUT2D eigenvalue weighted by Crippen LogP contribution is -2.08. The van der Waals surface area contributed by atoms with E-state index in [0.29, 0.717) is 8.58 Å². The van der Waals surface area contributed by atoms with Gasteiger partial charge in [0.2, 0.25) is 0 Å². The number of hydrogen-bond acceptors (Lipinski definition) is 2. The van der Waals surface area contributed by atoms with Crippen molar-refractivity contribution in [1.29, 1.82) is 0 Å². The average Bonchev–Trinajstić information content (AvgIpc) is 2.42. The zero-order valence-electron chi connectivity index (χ0n) is 13.1. The van der Waals surface area contributed by atoms with Gasteiger partial charge < -0.3 is 9.47 Å². The molecule has 0 amide bonds. The minimum absolute atomic E-state index is 0.215. The zero-order valence-corrected chi connectivity index (χ0v) is 14.1. The molecule has 0 unspecified atom stereocenters. The summed E-state index contributed by atoms with van der Waals surface area (Å²) in [5.74, 6) is 1.86. The Morgan fingerprint density at radius 1 is 0.619 bits per heavy atom. The Morgan fingerprint density at radius 2 is 0.952 bits per heavy atom. The fourth-order valence-electron chi connectivity index (χ4n) is 1.94. The van der Waals surface area contributed by atoms with Crippen LogP contribution in [0.15, 0.2) is 48.5 Å². The van der Waals surface area contributed by atoms with Crippen LogP contribution in [0.4, 0.5) is 0 Å². The smallest absolute Gasteiger partial charge is 0.119 e. The van der Waals surface area contributed by atoms with Gasteiger partial charge in [-0.25, -0.2) is 0 Å². The fourth-order valence-corrected chi connectivity index (χ4v) is 2.94. The predicted molar refractivity (Wildman–Crippen MR) is 92.0 cm³/mol. The Balaban J connectivity index is 1.97. The molecule has 0 bridgehead atoms. The summed E-state index contributed by atoms with van der Waals surface area (Å²) in [5, 5.41) is 2.62. The van der Waals surface area contributed by atoms with Crippen molar-refractivity contribution in [3.63, 3.8) is 0 Å². The molecule has 0 aliphatic heterocycles. The van der Waals surface area contributed by atoms with Crippen LogP contribution in [0, 0.1) is 0 Å². The molecule has 2 aromatic rings. The molecule has 21 heavy (non-hydrogen) atoms. The van der Waals surface area contributed by atoms with Crippen molar-refractivity contribution in [2.75, 3.05) is 0 Å². The number of benzene rings is 2. The number of rotatable bonds is 6. The van der Waals surface area contributed by atoms with Gasteiger partial charge in [-0.15, -0.1) is 0 Å². The van der Waals surface area contributed by atoms with Gasteiger partial charge in [-0.1, -0.05) is 32.8 Å². The van der Waals surface area contributed by atoms with Crippen molar-refractivity contribution in [3.05, 3.63) is 48.5 Å². The Kier molecular flexibility index (Phi) is 5.64. The summed E-state index contributed by atoms with van der Waals surface area (Å²) in [4.78, 5) is 0. The minimum atomic E-state index is 0.215. The van der Waals surface area contributed by atoms with Crippen LogP contribution < -0.4 is 20.1 Å². The van der Waals surface area contributed by atoms with Crippen molar-refractivity contribution in [3.8, 4) is 11.5 Å². The van der Waals surface area contributed by atoms with Crippen LogP contribution in [0.25, 0.3) is 0 Å². The topological polar surface area (TPSA) is 18.5 Å². The van der Waals surface area contributed by atoms with Gasteiger partial charge in [0, 0.05) is 0 Å². The van der Waals surface area contributed by atoms with Gasteiger partial charge >= 0.3 is 0 Å². The maximum absolute atomic E-state index is 5.66. The van der Waals surface area contributed by atoms with E-state index >= 15 is 0 Å². The molecular formula is C18H23O2P. The summed E-state index contributed by atoms with van der Waals surface area (Å²) in [6.45, 7) is 8.15. The van der Waals surface area contributed by atoms with Gasteiger partial charge in [-0.3, -0.25) is 0 Å². The Bertz CT molecular complexity index is 493. The van der Waals surface area contributed by atoms with E-state index in [1.807, 2.05) is 52.0 Å². The quantitative estimate of drug-likeness (QED) is 0.754. The maximum atomic E-state index is 5.66. The van der Waals surface area contributed by atoms with E-state index in [9.17, 15) is 0 Å². The highest BCUT2D eigenvalue weighted by molar-refractivity contribution is 7.55. The third-order valence-electron chi connectivity index (χ3n) is 2.74. The second-order valence-corrected chi connectivity index (χ2v) is 6.91. The van der Waals surface area contributed by atoms with Gasteiger partial charge in [-0.2, -0.15) is 0 Å². The molecule has 0 spiro atoms. The van der Waals surface area contributed by atoms with Gasteiger partial charge in [0.15, 0.2) is 0 Å². The van der Waals surface area contributed by atoms with E-state index in [1.54, 1.807) is 0 Å². The van der Waals surface area contributed by atoms with E-state index in [2.05, 4.69) is 24.3 Å². The third-order valence-corrected chi connectivity index (χ3v) is 3.98. The van der Waals surface area contributed by atoms with E-state index < -0.39 is 0 Å². The summed E-state index contributed by atoms with van der Waals surface area (Å²) in [6, 6.07) is 16.7. The molecule has 0 fully saturated rings. The molecule has 0 aromatic heterocycles. The first kappa shape index (κ1) is 15.9. The second kappa shape index (κ2) is 7.47.